The molecule has 0 aliphatic carbocycles. The van der Waals surface area contributed by atoms with Crippen LogP contribution in [0, 0.1) is 0 Å². The molecule has 0 saturated heterocycles. The van der Waals surface area contributed by atoms with Crippen molar-refractivity contribution >= 4 is 52.1 Å². The molecule has 5 nitrogen and oxygen atoms in total. The molecule has 182 valence electrons. The second-order valence-electron chi connectivity index (χ2n) is 9.29. The molecule has 35 heavy (non-hydrogen) atoms. The van der Waals surface area contributed by atoms with Crippen molar-refractivity contribution in [2.24, 2.45) is 5.10 Å². The lowest BCUT2D eigenvalue weighted by Crippen LogP contribution is -2.49. The minimum absolute atomic E-state index is 0.152. The SMILES string of the molecule is CC(=O)C1=NN(c2ccc(Cl)c(Cl)c2)C(c2cc(Cl)ccc2OCc2ccccc2)N1C(C)(C)C. The number of hydrazone groups is 1. The largest absolute Gasteiger partial charge is 0.488 e. The first kappa shape index (κ1) is 25.4. The topological polar surface area (TPSA) is 45.1 Å². The van der Waals surface area contributed by atoms with Crippen LogP contribution in [0.15, 0.2) is 71.8 Å². The first-order chi connectivity index (χ1) is 16.6. The summed E-state index contributed by atoms with van der Waals surface area (Å²) < 4.78 is 6.28. The van der Waals surface area contributed by atoms with Gasteiger partial charge >= 0.3 is 0 Å². The molecule has 3 aromatic carbocycles. The molecule has 3 aromatic rings. The van der Waals surface area contributed by atoms with Gasteiger partial charge in [0, 0.05) is 23.0 Å². The number of anilines is 1. The molecular weight excluding hydrogens is 505 g/mol. The number of hydrogen-bond acceptors (Lipinski definition) is 5. The molecule has 1 aliphatic heterocycles. The van der Waals surface area contributed by atoms with Gasteiger partial charge in [0.15, 0.2) is 17.8 Å². The van der Waals surface area contributed by atoms with E-state index >= 15 is 0 Å². The summed E-state index contributed by atoms with van der Waals surface area (Å²) in [7, 11) is 0. The quantitative estimate of drug-likeness (QED) is 0.327. The summed E-state index contributed by atoms with van der Waals surface area (Å²) in [5, 5.41) is 7.89. The Kier molecular flexibility index (Phi) is 7.32. The number of carbonyl (C=O) groups excluding carboxylic acids is 1. The summed E-state index contributed by atoms with van der Waals surface area (Å²) in [5.41, 5.74) is 2.03. The second-order valence-corrected chi connectivity index (χ2v) is 10.5. The number of hydrogen-bond donors (Lipinski definition) is 0. The monoisotopic (exact) mass is 529 g/mol. The smallest absolute Gasteiger partial charge is 0.196 e. The van der Waals surface area contributed by atoms with Gasteiger partial charge in [-0.15, -0.1) is 5.10 Å². The van der Waals surface area contributed by atoms with Crippen molar-refractivity contribution in [1.29, 1.82) is 0 Å². The van der Waals surface area contributed by atoms with Crippen LogP contribution in [-0.4, -0.2) is 22.1 Å². The lowest BCUT2D eigenvalue weighted by atomic mass is 10.00. The fourth-order valence-corrected chi connectivity index (χ4v) is 4.51. The number of benzene rings is 3. The Labute approximate surface area is 220 Å². The fraction of sp³-hybridized carbons (Fsp3) is 0.259. The summed E-state index contributed by atoms with van der Waals surface area (Å²) in [5.74, 6) is 0.825. The van der Waals surface area contributed by atoms with Crippen molar-refractivity contribution in [3.63, 3.8) is 0 Å². The van der Waals surface area contributed by atoms with E-state index < -0.39 is 11.7 Å². The number of carbonyl (C=O) groups is 1. The van der Waals surface area contributed by atoms with E-state index in [-0.39, 0.29) is 5.78 Å². The Morgan fingerprint density at radius 3 is 2.31 bits per heavy atom. The number of ether oxygens (including phenoxy) is 1. The summed E-state index contributed by atoms with van der Waals surface area (Å²) >= 11 is 19.0. The van der Waals surface area contributed by atoms with E-state index in [9.17, 15) is 4.79 Å². The highest BCUT2D eigenvalue weighted by Gasteiger charge is 2.44. The van der Waals surface area contributed by atoms with Crippen LogP contribution in [0.3, 0.4) is 0 Å². The number of Topliss-reactive ketones (excluding diaryl/α,β-unsaturated/α-hetero) is 1. The van der Waals surface area contributed by atoms with E-state index in [1.54, 1.807) is 23.2 Å². The van der Waals surface area contributed by atoms with Crippen LogP contribution >= 0.6 is 34.8 Å². The predicted octanol–water partition coefficient (Wildman–Crippen LogP) is 7.75. The zero-order valence-corrected chi connectivity index (χ0v) is 22.2. The van der Waals surface area contributed by atoms with Gasteiger partial charge in [0.1, 0.15) is 12.4 Å². The fourth-order valence-electron chi connectivity index (χ4n) is 4.04. The van der Waals surface area contributed by atoms with Crippen molar-refractivity contribution in [3.8, 4) is 5.75 Å². The van der Waals surface area contributed by atoms with E-state index in [1.807, 2.05) is 74.2 Å². The summed E-state index contributed by atoms with van der Waals surface area (Å²) in [6.07, 6.45) is -0.518. The van der Waals surface area contributed by atoms with E-state index in [1.165, 1.54) is 6.92 Å². The molecule has 1 atom stereocenters. The Morgan fingerprint density at radius 1 is 0.971 bits per heavy atom. The average Bonchev–Trinajstić information content (AvgIpc) is 3.22. The normalized spacial score (nSPS) is 15.9. The van der Waals surface area contributed by atoms with Gasteiger partial charge in [0.25, 0.3) is 0 Å². The molecule has 0 spiro atoms. The molecule has 0 radical (unpaired) electrons. The Hall–Kier alpha value is -2.73. The number of ketones is 1. The Bertz CT molecular complexity index is 1270. The predicted molar refractivity (Wildman–Crippen MR) is 144 cm³/mol. The van der Waals surface area contributed by atoms with Crippen LogP contribution in [0.1, 0.15) is 45.0 Å². The van der Waals surface area contributed by atoms with E-state index in [0.717, 1.165) is 11.1 Å². The number of halogens is 3. The van der Waals surface area contributed by atoms with Crippen molar-refractivity contribution < 1.29 is 9.53 Å². The Morgan fingerprint density at radius 2 is 1.69 bits per heavy atom. The molecule has 1 aliphatic rings. The molecule has 0 bridgehead atoms. The van der Waals surface area contributed by atoms with Gasteiger partial charge in [-0.1, -0.05) is 65.1 Å². The standard InChI is InChI=1S/C27H26Cl3N3O2/c1-17(34)25-31-33(20-11-12-22(29)23(30)15-20)26(32(25)27(2,3)4)21-14-19(28)10-13-24(21)35-16-18-8-6-5-7-9-18/h5-15,26H,16H2,1-4H3. The molecule has 8 heteroatoms. The zero-order chi connectivity index (χ0) is 25.3. The van der Waals surface area contributed by atoms with Crippen molar-refractivity contribution in [2.75, 3.05) is 5.01 Å². The van der Waals surface area contributed by atoms with Gasteiger partial charge in [0.05, 0.1) is 15.7 Å². The van der Waals surface area contributed by atoms with Crippen LogP contribution < -0.4 is 9.75 Å². The van der Waals surface area contributed by atoms with Gasteiger partial charge in [-0.05, 0) is 62.7 Å². The summed E-state index contributed by atoms with van der Waals surface area (Å²) in [6.45, 7) is 7.99. The van der Waals surface area contributed by atoms with Crippen LogP contribution in [-0.2, 0) is 11.4 Å². The summed E-state index contributed by atoms with van der Waals surface area (Å²) in [6, 6.07) is 20.7. The number of rotatable bonds is 6. The molecule has 1 unspecified atom stereocenters. The van der Waals surface area contributed by atoms with Gasteiger partial charge in [0.2, 0.25) is 0 Å². The Balaban J connectivity index is 1.85. The molecular formula is C27H26Cl3N3O2. The highest BCUT2D eigenvalue weighted by atomic mass is 35.5. The molecule has 0 N–H and O–H groups in total. The zero-order valence-electron chi connectivity index (χ0n) is 19.9. The minimum atomic E-state index is -0.518. The van der Waals surface area contributed by atoms with Crippen molar-refractivity contribution in [2.45, 2.75) is 46.0 Å². The minimum Gasteiger partial charge on any atom is -0.488 e. The molecule has 0 saturated carbocycles. The lowest BCUT2D eigenvalue weighted by Gasteiger charge is -2.41. The van der Waals surface area contributed by atoms with Crippen LogP contribution in [0.25, 0.3) is 0 Å². The molecule has 4 rings (SSSR count). The van der Waals surface area contributed by atoms with E-state index in [0.29, 0.717) is 38.9 Å². The number of nitrogens with zero attached hydrogens (tertiary/aromatic N) is 3. The molecule has 0 aromatic heterocycles. The van der Waals surface area contributed by atoms with Crippen LogP contribution in [0.4, 0.5) is 5.69 Å². The second kappa shape index (κ2) is 10.1. The van der Waals surface area contributed by atoms with Crippen molar-refractivity contribution in [3.05, 3.63) is 92.9 Å². The maximum absolute atomic E-state index is 12.7. The van der Waals surface area contributed by atoms with E-state index in [2.05, 4.69) is 0 Å². The van der Waals surface area contributed by atoms with Crippen LogP contribution in [0.5, 0.6) is 5.75 Å². The van der Waals surface area contributed by atoms with Gasteiger partial charge in [-0.25, -0.2) is 5.01 Å². The highest BCUT2D eigenvalue weighted by molar-refractivity contribution is 6.42. The summed E-state index contributed by atoms with van der Waals surface area (Å²) in [4.78, 5) is 14.7. The van der Waals surface area contributed by atoms with Crippen molar-refractivity contribution in [1.82, 2.24) is 4.90 Å². The highest BCUT2D eigenvalue weighted by Crippen LogP contribution is 2.44. The maximum Gasteiger partial charge on any atom is 0.196 e. The average molecular weight is 531 g/mol. The van der Waals surface area contributed by atoms with Gasteiger partial charge < -0.3 is 9.64 Å². The molecule has 1 heterocycles. The van der Waals surface area contributed by atoms with Gasteiger partial charge in [-0.2, -0.15) is 0 Å². The third-order valence-electron chi connectivity index (χ3n) is 5.60. The molecule has 0 fully saturated rings. The third-order valence-corrected chi connectivity index (χ3v) is 6.57. The lowest BCUT2D eigenvalue weighted by molar-refractivity contribution is -0.112. The molecule has 0 amide bonds. The van der Waals surface area contributed by atoms with E-state index in [4.69, 9.17) is 44.6 Å². The number of amidine groups is 1. The third kappa shape index (κ3) is 5.43. The maximum atomic E-state index is 12.7. The first-order valence-corrected chi connectivity index (χ1v) is 12.3. The van der Waals surface area contributed by atoms with Gasteiger partial charge in [-0.3, -0.25) is 4.79 Å². The first-order valence-electron chi connectivity index (χ1n) is 11.2. The van der Waals surface area contributed by atoms with Crippen LogP contribution in [0.2, 0.25) is 15.1 Å².